The number of benzene rings is 2. The van der Waals surface area contributed by atoms with Gasteiger partial charge in [-0.05, 0) is 67.8 Å². The number of hydrogen-bond acceptors (Lipinski definition) is 4. The van der Waals surface area contributed by atoms with Gasteiger partial charge < -0.3 is 25.0 Å². The van der Waals surface area contributed by atoms with E-state index in [4.69, 9.17) is 21.1 Å². The average molecular weight is 446 g/mol. The monoisotopic (exact) mass is 445 g/mol. The molecule has 0 radical (unpaired) electrons. The summed E-state index contributed by atoms with van der Waals surface area (Å²) in [6.07, 6.45) is 0.683. The smallest absolute Gasteiger partial charge is 0.318 e. The van der Waals surface area contributed by atoms with E-state index in [1.807, 2.05) is 26.0 Å². The molecule has 1 unspecified atom stereocenters. The van der Waals surface area contributed by atoms with Crippen LogP contribution in [0.15, 0.2) is 36.4 Å². The van der Waals surface area contributed by atoms with Crippen molar-refractivity contribution in [2.45, 2.75) is 32.4 Å². The second kappa shape index (κ2) is 9.92. The number of halogens is 1. The molecule has 1 aliphatic heterocycles. The zero-order valence-corrected chi connectivity index (χ0v) is 19.0. The van der Waals surface area contributed by atoms with Crippen molar-refractivity contribution in [3.63, 3.8) is 0 Å². The number of methoxy groups -OCH3 is 2. The van der Waals surface area contributed by atoms with Crippen LogP contribution in [0.25, 0.3) is 0 Å². The van der Waals surface area contributed by atoms with E-state index >= 15 is 0 Å². The Morgan fingerprint density at radius 2 is 1.77 bits per heavy atom. The molecule has 166 valence electrons. The van der Waals surface area contributed by atoms with Gasteiger partial charge in [0.1, 0.15) is 0 Å². The van der Waals surface area contributed by atoms with Crippen molar-refractivity contribution in [2.75, 3.05) is 27.3 Å². The number of carbonyl (C=O) groups excluding carboxylic acids is 2. The van der Waals surface area contributed by atoms with E-state index in [1.54, 1.807) is 43.4 Å². The number of nitrogens with one attached hydrogen (secondary N) is 2. The third-order valence-corrected chi connectivity index (χ3v) is 5.49. The Hall–Kier alpha value is -2.93. The minimum absolute atomic E-state index is 0.00334. The Labute approximate surface area is 187 Å². The topological polar surface area (TPSA) is 79.9 Å². The van der Waals surface area contributed by atoms with Crippen LogP contribution in [0.5, 0.6) is 11.5 Å². The molecule has 0 spiro atoms. The lowest BCUT2D eigenvalue weighted by atomic mass is 9.91. The number of nitrogens with zero attached hydrogens (tertiary/aromatic N) is 1. The quantitative estimate of drug-likeness (QED) is 0.708. The fourth-order valence-electron chi connectivity index (χ4n) is 3.71. The number of hydrogen-bond donors (Lipinski definition) is 2. The van der Waals surface area contributed by atoms with Crippen LogP contribution in [-0.4, -0.2) is 50.2 Å². The van der Waals surface area contributed by atoms with Gasteiger partial charge in [-0.2, -0.15) is 0 Å². The second-order valence-electron chi connectivity index (χ2n) is 7.69. The molecule has 8 heteroatoms. The number of fused-ring (bicyclic) bond motifs is 1. The zero-order chi connectivity index (χ0) is 22.5. The van der Waals surface area contributed by atoms with Gasteiger partial charge >= 0.3 is 6.03 Å². The van der Waals surface area contributed by atoms with Gasteiger partial charge in [-0.15, -0.1) is 0 Å². The average Bonchev–Trinajstić information content (AvgIpc) is 2.75. The standard InChI is InChI=1S/C23H28ClN3O4/c1-14(2)26-23(29)27-10-9-16-11-20(30-3)21(31-4)12-18(16)19(27)13-25-22(28)15-5-7-17(24)8-6-15/h5-8,11-12,14,19H,9-10,13H2,1-4H3,(H,25,28)(H,26,29). The van der Waals surface area contributed by atoms with Crippen molar-refractivity contribution in [1.29, 1.82) is 0 Å². The van der Waals surface area contributed by atoms with Gasteiger partial charge in [-0.25, -0.2) is 4.79 Å². The summed E-state index contributed by atoms with van der Waals surface area (Å²) in [6, 6.07) is 10.0. The van der Waals surface area contributed by atoms with Crippen LogP contribution in [0, 0.1) is 0 Å². The van der Waals surface area contributed by atoms with Crippen LogP contribution in [0.1, 0.15) is 41.4 Å². The Bertz CT molecular complexity index is 947. The molecule has 31 heavy (non-hydrogen) atoms. The number of urea groups is 1. The van der Waals surface area contributed by atoms with Crippen LogP contribution in [-0.2, 0) is 6.42 Å². The predicted molar refractivity (Wildman–Crippen MR) is 120 cm³/mol. The molecule has 3 amide bonds. The molecule has 0 saturated carbocycles. The maximum absolute atomic E-state index is 12.9. The highest BCUT2D eigenvalue weighted by molar-refractivity contribution is 6.30. The molecule has 2 aromatic carbocycles. The lowest BCUT2D eigenvalue weighted by Crippen LogP contribution is -2.50. The molecule has 0 fully saturated rings. The number of amides is 3. The maximum atomic E-state index is 12.9. The molecular weight excluding hydrogens is 418 g/mol. The zero-order valence-electron chi connectivity index (χ0n) is 18.2. The van der Waals surface area contributed by atoms with Crippen molar-refractivity contribution in [1.82, 2.24) is 15.5 Å². The van der Waals surface area contributed by atoms with Crippen LogP contribution in [0.4, 0.5) is 4.79 Å². The first-order valence-corrected chi connectivity index (χ1v) is 10.6. The van der Waals surface area contributed by atoms with E-state index in [0.29, 0.717) is 35.1 Å². The lowest BCUT2D eigenvalue weighted by molar-refractivity contribution is 0.0934. The van der Waals surface area contributed by atoms with E-state index in [1.165, 1.54) is 0 Å². The van der Waals surface area contributed by atoms with Gasteiger partial charge in [0.05, 0.1) is 20.3 Å². The summed E-state index contributed by atoms with van der Waals surface area (Å²) < 4.78 is 10.9. The van der Waals surface area contributed by atoms with Gasteiger partial charge in [0.2, 0.25) is 0 Å². The van der Waals surface area contributed by atoms with E-state index in [0.717, 1.165) is 11.1 Å². The summed E-state index contributed by atoms with van der Waals surface area (Å²) in [5, 5.41) is 6.48. The first kappa shape index (κ1) is 22.7. The Morgan fingerprint density at radius 3 is 2.39 bits per heavy atom. The third-order valence-electron chi connectivity index (χ3n) is 5.24. The molecule has 7 nitrogen and oxygen atoms in total. The molecule has 1 aliphatic rings. The molecule has 1 atom stereocenters. The van der Waals surface area contributed by atoms with Crippen molar-refractivity contribution >= 4 is 23.5 Å². The minimum atomic E-state index is -0.349. The lowest BCUT2D eigenvalue weighted by Gasteiger charge is -2.38. The summed E-state index contributed by atoms with van der Waals surface area (Å²) in [6.45, 7) is 4.62. The normalized spacial score (nSPS) is 15.3. The Balaban J connectivity index is 1.90. The Kier molecular flexibility index (Phi) is 7.28. The van der Waals surface area contributed by atoms with E-state index in [9.17, 15) is 9.59 Å². The fraction of sp³-hybridized carbons (Fsp3) is 0.391. The van der Waals surface area contributed by atoms with Crippen molar-refractivity contribution in [3.8, 4) is 11.5 Å². The number of rotatable bonds is 6. The van der Waals surface area contributed by atoms with E-state index < -0.39 is 0 Å². The molecular formula is C23H28ClN3O4. The molecule has 0 aliphatic carbocycles. The van der Waals surface area contributed by atoms with E-state index in [-0.39, 0.29) is 30.6 Å². The van der Waals surface area contributed by atoms with Crippen LogP contribution in [0.3, 0.4) is 0 Å². The van der Waals surface area contributed by atoms with Gasteiger partial charge in [-0.3, -0.25) is 4.79 Å². The molecule has 0 saturated heterocycles. The minimum Gasteiger partial charge on any atom is -0.493 e. The summed E-state index contributed by atoms with van der Waals surface area (Å²) in [5.74, 6) is 1.00. The van der Waals surface area contributed by atoms with Crippen LogP contribution >= 0.6 is 11.6 Å². The maximum Gasteiger partial charge on any atom is 0.318 e. The summed E-state index contributed by atoms with van der Waals surface area (Å²) in [7, 11) is 3.17. The fourth-order valence-corrected chi connectivity index (χ4v) is 3.84. The first-order chi connectivity index (χ1) is 14.8. The van der Waals surface area contributed by atoms with Crippen LogP contribution < -0.4 is 20.1 Å². The summed E-state index contributed by atoms with van der Waals surface area (Å²) in [5.41, 5.74) is 2.50. The molecule has 0 aromatic heterocycles. The van der Waals surface area contributed by atoms with Crippen molar-refractivity contribution < 1.29 is 19.1 Å². The molecule has 1 heterocycles. The second-order valence-corrected chi connectivity index (χ2v) is 8.12. The predicted octanol–water partition coefficient (Wildman–Crippen LogP) is 3.80. The molecule has 0 bridgehead atoms. The van der Waals surface area contributed by atoms with Crippen molar-refractivity contribution in [2.24, 2.45) is 0 Å². The summed E-state index contributed by atoms with van der Waals surface area (Å²) >= 11 is 5.92. The molecule has 2 N–H and O–H groups in total. The first-order valence-electron chi connectivity index (χ1n) is 10.2. The SMILES string of the molecule is COc1cc2c(cc1OC)C(CNC(=O)c1ccc(Cl)cc1)N(C(=O)NC(C)C)CC2. The molecule has 2 aromatic rings. The van der Waals surface area contributed by atoms with Crippen molar-refractivity contribution in [3.05, 3.63) is 58.1 Å². The van der Waals surface area contributed by atoms with Gasteiger partial charge in [0, 0.05) is 29.7 Å². The van der Waals surface area contributed by atoms with Gasteiger partial charge in [0.25, 0.3) is 5.91 Å². The number of carbonyl (C=O) groups is 2. The highest BCUT2D eigenvalue weighted by Crippen LogP contribution is 2.38. The number of ether oxygens (including phenoxy) is 2. The highest BCUT2D eigenvalue weighted by atomic mass is 35.5. The molecule has 3 rings (SSSR count). The van der Waals surface area contributed by atoms with Gasteiger partial charge in [0.15, 0.2) is 11.5 Å². The van der Waals surface area contributed by atoms with E-state index in [2.05, 4.69) is 10.6 Å². The van der Waals surface area contributed by atoms with Crippen LogP contribution in [0.2, 0.25) is 5.02 Å². The van der Waals surface area contributed by atoms with Gasteiger partial charge in [-0.1, -0.05) is 11.6 Å². The highest BCUT2D eigenvalue weighted by Gasteiger charge is 2.32. The third kappa shape index (κ3) is 5.22. The Morgan fingerprint density at radius 1 is 1.13 bits per heavy atom. The largest absolute Gasteiger partial charge is 0.493 e. The summed E-state index contributed by atoms with van der Waals surface area (Å²) in [4.78, 5) is 27.3.